The van der Waals surface area contributed by atoms with Gasteiger partial charge in [-0.05, 0) is 19.8 Å². The number of hydrogen-bond donors (Lipinski definition) is 2. The van der Waals surface area contributed by atoms with Crippen LogP contribution in [-0.4, -0.2) is 35.9 Å². The Morgan fingerprint density at radius 1 is 1.40 bits per heavy atom. The molecule has 15 heavy (non-hydrogen) atoms. The highest BCUT2D eigenvalue weighted by Crippen LogP contribution is 2.00. The molecule has 2 N–H and O–H groups in total. The summed E-state index contributed by atoms with van der Waals surface area (Å²) < 4.78 is 5.45. The Morgan fingerprint density at radius 2 is 2.00 bits per heavy atom. The number of aliphatic carboxylic acids is 1. The monoisotopic (exact) mass is 217 g/mol. The van der Waals surface area contributed by atoms with Crippen LogP contribution in [0.3, 0.4) is 0 Å². The van der Waals surface area contributed by atoms with E-state index in [0.717, 1.165) is 6.42 Å². The average Bonchev–Trinajstić information content (AvgIpc) is 2.15. The molecule has 2 atom stereocenters. The summed E-state index contributed by atoms with van der Waals surface area (Å²) in [5, 5.41) is 11.9. The SMILES string of the molecule is CCC(C)OCCC(NC(C)C)C(=O)O. The summed E-state index contributed by atoms with van der Waals surface area (Å²) in [5.41, 5.74) is 0. The first-order valence-corrected chi connectivity index (χ1v) is 5.57. The minimum Gasteiger partial charge on any atom is -0.480 e. The van der Waals surface area contributed by atoms with Crippen LogP contribution in [-0.2, 0) is 9.53 Å². The van der Waals surface area contributed by atoms with E-state index in [4.69, 9.17) is 9.84 Å². The fourth-order valence-corrected chi connectivity index (χ4v) is 1.19. The fourth-order valence-electron chi connectivity index (χ4n) is 1.19. The Balaban J connectivity index is 3.81. The molecule has 0 aliphatic carbocycles. The van der Waals surface area contributed by atoms with Gasteiger partial charge in [0.15, 0.2) is 0 Å². The molecule has 0 fully saturated rings. The van der Waals surface area contributed by atoms with Crippen LogP contribution in [0.4, 0.5) is 0 Å². The van der Waals surface area contributed by atoms with Crippen molar-refractivity contribution < 1.29 is 14.6 Å². The van der Waals surface area contributed by atoms with Crippen molar-refractivity contribution in [2.24, 2.45) is 0 Å². The van der Waals surface area contributed by atoms with E-state index >= 15 is 0 Å². The van der Waals surface area contributed by atoms with Crippen molar-refractivity contribution in [1.82, 2.24) is 5.32 Å². The Hall–Kier alpha value is -0.610. The van der Waals surface area contributed by atoms with Gasteiger partial charge in [-0.1, -0.05) is 20.8 Å². The lowest BCUT2D eigenvalue weighted by molar-refractivity contribution is -0.140. The second-order valence-electron chi connectivity index (χ2n) is 4.09. The predicted molar refractivity (Wildman–Crippen MR) is 60.0 cm³/mol. The van der Waals surface area contributed by atoms with Gasteiger partial charge < -0.3 is 15.2 Å². The van der Waals surface area contributed by atoms with Gasteiger partial charge in [0.2, 0.25) is 0 Å². The molecule has 0 radical (unpaired) electrons. The minimum atomic E-state index is -0.809. The Labute approximate surface area is 92.0 Å². The first-order chi connectivity index (χ1) is 6.97. The van der Waals surface area contributed by atoms with E-state index < -0.39 is 12.0 Å². The van der Waals surface area contributed by atoms with Gasteiger partial charge in [-0.3, -0.25) is 4.79 Å². The van der Waals surface area contributed by atoms with Gasteiger partial charge in [0.25, 0.3) is 0 Å². The molecule has 0 aliphatic heterocycles. The third kappa shape index (κ3) is 7.33. The molecule has 4 heteroatoms. The molecule has 0 spiro atoms. The summed E-state index contributed by atoms with van der Waals surface area (Å²) in [6.45, 7) is 8.40. The Morgan fingerprint density at radius 3 is 2.40 bits per heavy atom. The molecule has 2 unspecified atom stereocenters. The van der Waals surface area contributed by atoms with E-state index in [1.54, 1.807) is 0 Å². The molecule has 90 valence electrons. The van der Waals surface area contributed by atoms with Crippen molar-refractivity contribution in [2.45, 2.75) is 58.7 Å². The maximum Gasteiger partial charge on any atom is 0.320 e. The second-order valence-corrected chi connectivity index (χ2v) is 4.09. The number of rotatable bonds is 8. The zero-order valence-corrected chi connectivity index (χ0v) is 10.1. The topological polar surface area (TPSA) is 58.6 Å². The van der Waals surface area contributed by atoms with E-state index in [1.165, 1.54) is 0 Å². The van der Waals surface area contributed by atoms with E-state index in [2.05, 4.69) is 5.32 Å². The molecule has 0 saturated carbocycles. The first-order valence-electron chi connectivity index (χ1n) is 5.57. The van der Waals surface area contributed by atoms with Crippen LogP contribution in [0.1, 0.15) is 40.5 Å². The van der Waals surface area contributed by atoms with Crippen molar-refractivity contribution in [1.29, 1.82) is 0 Å². The number of hydrogen-bond acceptors (Lipinski definition) is 3. The van der Waals surface area contributed by atoms with E-state index in [1.807, 2.05) is 27.7 Å². The maximum absolute atomic E-state index is 10.9. The predicted octanol–water partition coefficient (Wildman–Crippen LogP) is 1.64. The first kappa shape index (κ1) is 14.4. The lowest BCUT2D eigenvalue weighted by Gasteiger charge is -2.18. The number of carboxylic acids is 1. The molecule has 4 nitrogen and oxygen atoms in total. The van der Waals surface area contributed by atoms with Crippen molar-refractivity contribution in [3.8, 4) is 0 Å². The summed E-state index contributed by atoms with van der Waals surface area (Å²) in [6, 6.07) is -0.330. The molecule has 0 aromatic heterocycles. The van der Waals surface area contributed by atoms with Gasteiger partial charge in [-0.2, -0.15) is 0 Å². The molecule has 0 saturated heterocycles. The molecule has 0 aliphatic rings. The van der Waals surface area contributed by atoms with Crippen LogP contribution in [0.5, 0.6) is 0 Å². The van der Waals surface area contributed by atoms with Crippen LogP contribution in [0.2, 0.25) is 0 Å². The third-order valence-electron chi connectivity index (χ3n) is 2.22. The molecule has 0 aromatic rings. The molecule has 0 amide bonds. The third-order valence-corrected chi connectivity index (χ3v) is 2.22. The second kappa shape index (κ2) is 7.65. The molecule has 0 heterocycles. The van der Waals surface area contributed by atoms with Gasteiger partial charge >= 0.3 is 5.97 Å². The lowest BCUT2D eigenvalue weighted by atomic mass is 10.2. The van der Waals surface area contributed by atoms with Gasteiger partial charge in [-0.25, -0.2) is 0 Å². The van der Waals surface area contributed by atoms with E-state index in [-0.39, 0.29) is 12.1 Å². The van der Waals surface area contributed by atoms with E-state index in [0.29, 0.717) is 13.0 Å². The number of carboxylic acid groups (broad SMARTS) is 1. The van der Waals surface area contributed by atoms with E-state index in [9.17, 15) is 4.79 Å². The van der Waals surface area contributed by atoms with Gasteiger partial charge in [0.05, 0.1) is 6.10 Å². The largest absolute Gasteiger partial charge is 0.480 e. The standard InChI is InChI=1S/C11H23NO3/c1-5-9(4)15-7-6-10(11(13)14)12-8(2)3/h8-10,12H,5-7H2,1-4H3,(H,13,14). The fraction of sp³-hybridized carbons (Fsp3) is 0.909. The Kier molecular flexibility index (Phi) is 7.34. The zero-order chi connectivity index (χ0) is 11.8. The highest BCUT2D eigenvalue weighted by molar-refractivity contribution is 5.73. The molecule has 0 bridgehead atoms. The van der Waals surface area contributed by atoms with Gasteiger partial charge in [0.1, 0.15) is 6.04 Å². The summed E-state index contributed by atoms with van der Waals surface area (Å²) >= 11 is 0. The number of ether oxygens (including phenoxy) is 1. The maximum atomic E-state index is 10.9. The summed E-state index contributed by atoms with van der Waals surface area (Å²) in [7, 11) is 0. The van der Waals surface area contributed by atoms with Crippen LogP contribution < -0.4 is 5.32 Å². The average molecular weight is 217 g/mol. The Bertz CT molecular complexity index is 183. The summed E-state index contributed by atoms with van der Waals surface area (Å²) in [4.78, 5) is 10.9. The quantitative estimate of drug-likeness (QED) is 0.649. The smallest absolute Gasteiger partial charge is 0.320 e. The van der Waals surface area contributed by atoms with Crippen molar-refractivity contribution in [3.05, 3.63) is 0 Å². The minimum absolute atomic E-state index is 0.176. The molecular formula is C11H23NO3. The number of carbonyl (C=O) groups is 1. The summed E-state index contributed by atoms with van der Waals surface area (Å²) in [6.07, 6.45) is 1.67. The molecular weight excluding hydrogens is 194 g/mol. The van der Waals surface area contributed by atoms with Crippen molar-refractivity contribution in [3.63, 3.8) is 0 Å². The van der Waals surface area contributed by atoms with Crippen LogP contribution in [0.15, 0.2) is 0 Å². The lowest BCUT2D eigenvalue weighted by Crippen LogP contribution is -2.41. The van der Waals surface area contributed by atoms with Crippen LogP contribution in [0, 0.1) is 0 Å². The van der Waals surface area contributed by atoms with Crippen LogP contribution in [0.25, 0.3) is 0 Å². The normalized spacial score (nSPS) is 15.3. The van der Waals surface area contributed by atoms with Crippen molar-refractivity contribution >= 4 is 5.97 Å². The zero-order valence-electron chi connectivity index (χ0n) is 10.1. The van der Waals surface area contributed by atoms with Gasteiger partial charge in [-0.15, -0.1) is 0 Å². The molecule has 0 rings (SSSR count). The highest BCUT2D eigenvalue weighted by Gasteiger charge is 2.17. The van der Waals surface area contributed by atoms with Crippen LogP contribution >= 0.6 is 0 Å². The highest BCUT2D eigenvalue weighted by atomic mass is 16.5. The number of nitrogens with one attached hydrogen (secondary N) is 1. The van der Waals surface area contributed by atoms with Crippen molar-refractivity contribution in [2.75, 3.05) is 6.61 Å². The molecule has 0 aromatic carbocycles. The summed E-state index contributed by atoms with van der Waals surface area (Å²) in [5.74, 6) is -0.809. The van der Waals surface area contributed by atoms with Gasteiger partial charge in [0, 0.05) is 12.6 Å².